The van der Waals surface area contributed by atoms with E-state index in [1.807, 2.05) is 19.1 Å². The minimum atomic E-state index is -0.716. The Labute approximate surface area is 130 Å². The molecule has 0 unspecified atom stereocenters. The largest absolute Gasteiger partial charge is 0.481 e. The van der Waals surface area contributed by atoms with Gasteiger partial charge in [-0.05, 0) is 72.6 Å². The van der Waals surface area contributed by atoms with Gasteiger partial charge in [0.25, 0.3) is 0 Å². The van der Waals surface area contributed by atoms with Crippen LogP contribution in [0.4, 0.5) is 4.39 Å². The number of hydrogen-bond acceptors (Lipinski definition) is 1. The molecule has 1 aliphatic carbocycles. The predicted molar refractivity (Wildman–Crippen MR) is 87.1 cm³/mol. The zero-order valence-corrected chi connectivity index (χ0v) is 13.0. The molecule has 0 spiro atoms. The number of allylic oxidation sites excluding steroid dienone is 2. The molecule has 0 aliphatic heterocycles. The minimum Gasteiger partial charge on any atom is -0.481 e. The van der Waals surface area contributed by atoms with Crippen molar-refractivity contribution in [2.24, 2.45) is 11.8 Å². The van der Waals surface area contributed by atoms with Gasteiger partial charge in [0.05, 0.1) is 0 Å². The van der Waals surface area contributed by atoms with E-state index in [0.717, 1.165) is 41.7 Å². The Bertz CT molecular complexity index is 667. The first kappa shape index (κ1) is 16.5. The molecule has 1 aromatic carbocycles. The summed E-state index contributed by atoms with van der Waals surface area (Å²) in [5.41, 5.74) is 1.13. The van der Waals surface area contributed by atoms with Crippen molar-refractivity contribution < 1.29 is 14.3 Å². The molecule has 1 N–H and O–H groups in total. The van der Waals surface area contributed by atoms with Crippen LogP contribution in [-0.4, -0.2) is 11.1 Å². The third kappa shape index (κ3) is 4.06. The van der Waals surface area contributed by atoms with E-state index in [0.29, 0.717) is 5.92 Å². The fourth-order valence-corrected chi connectivity index (χ4v) is 3.37. The third-order valence-corrected chi connectivity index (χ3v) is 4.48. The molecule has 0 amide bonds. The first-order chi connectivity index (χ1) is 10.5. The third-order valence-electron chi connectivity index (χ3n) is 4.48. The lowest BCUT2D eigenvalue weighted by atomic mass is 9.76. The maximum absolute atomic E-state index is 13.6. The molecule has 0 atom stereocenters. The van der Waals surface area contributed by atoms with Gasteiger partial charge in [-0.15, -0.1) is 0 Å². The number of aliphatic carboxylic acids is 1. The Hall–Kier alpha value is -1.90. The van der Waals surface area contributed by atoms with Gasteiger partial charge < -0.3 is 5.11 Å². The van der Waals surface area contributed by atoms with Gasteiger partial charge in [0.15, 0.2) is 0 Å². The lowest BCUT2D eigenvalue weighted by Gasteiger charge is -2.28. The summed E-state index contributed by atoms with van der Waals surface area (Å²) in [5, 5.41) is 10.6. The molecular weight excluding hydrogens is 279 g/mol. The maximum Gasteiger partial charge on any atom is 0.303 e. The van der Waals surface area contributed by atoms with Crippen molar-refractivity contribution in [3.63, 3.8) is 0 Å². The zero-order chi connectivity index (χ0) is 16.1. The fraction of sp³-hybridized carbons (Fsp3) is 0.421. The highest BCUT2D eigenvalue weighted by Crippen LogP contribution is 2.35. The Morgan fingerprint density at radius 3 is 2.64 bits per heavy atom. The average molecular weight is 302 g/mol. The van der Waals surface area contributed by atoms with Crippen LogP contribution in [0.5, 0.6) is 0 Å². The monoisotopic (exact) mass is 302 g/mol. The fourth-order valence-electron chi connectivity index (χ4n) is 3.37. The van der Waals surface area contributed by atoms with Crippen molar-refractivity contribution in [2.75, 3.05) is 0 Å². The quantitative estimate of drug-likeness (QED) is 0.927. The summed E-state index contributed by atoms with van der Waals surface area (Å²) in [4.78, 5) is 10.8. The second-order valence-corrected chi connectivity index (χ2v) is 6.07. The SMILES string of the molecule is C=c1ccc(F)c/c1=C(/C=C\C)C1CCC(CC(=O)O)CC1. The van der Waals surface area contributed by atoms with Gasteiger partial charge in [0, 0.05) is 6.42 Å². The molecule has 118 valence electrons. The predicted octanol–water partition coefficient (Wildman–Crippen LogP) is 3.24. The lowest BCUT2D eigenvalue weighted by molar-refractivity contribution is -0.138. The van der Waals surface area contributed by atoms with Gasteiger partial charge in [-0.25, -0.2) is 4.39 Å². The molecule has 0 aromatic heterocycles. The van der Waals surface area contributed by atoms with Crippen LogP contribution in [0.1, 0.15) is 39.0 Å². The highest BCUT2D eigenvalue weighted by atomic mass is 19.1. The molecule has 2 nitrogen and oxygen atoms in total. The summed E-state index contributed by atoms with van der Waals surface area (Å²) in [7, 11) is 0. The van der Waals surface area contributed by atoms with E-state index in [1.54, 1.807) is 12.1 Å². The summed E-state index contributed by atoms with van der Waals surface area (Å²) in [6, 6.07) is 4.70. The smallest absolute Gasteiger partial charge is 0.303 e. The summed E-state index contributed by atoms with van der Waals surface area (Å²) < 4.78 is 13.6. The number of rotatable bonds is 4. The number of halogens is 1. The Morgan fingerprint density at radius 2 is 2.05 bits per heavy atom. The van der Waals surface area contributed by atoms with E-state index < -0.39 is 5.97 Å². The van der Waals surface area contributed by atoms with E-state index in [2.05, 4.69) is 6.58 Å². The summed E-state index contributed by atoms with van der Waals surface area (Å²) in [5.74, 6) is -0.342. The molecule has 1 saturated carbocycles. The first-order valence-electron chi connectivity index (χ1n) is 7.84. The Morgan fingerprint density at radius 1 is 1.36 bits per heavy atom. The van der Waals surface area contributed by atoms with Crippen molar-refractivity contribution >= 4 is 18.1 Å². The maximum atomic E-state index is 13.6. The standard InChI is InChI=1S/C19H23FO2/c1-3-4-17(18-12-16(20)10-5-13(18)2)15-8-6-14(7-9-15)11-19(21)22/h3-5,10,12,14-15H,2,6-9,11H2,1H3,(H,21,22)/b4-3-,18-17+. The van der Waals surface area contributed by atoms with Gasteiger partial charge in [0.1, 0.15) is 5.82 Å². The molecule has 1 aliphatic rings. The average Bonchev–Trinajstić information content (AvgIpc) is 2.48. The van der Waals surface area contributed by atoms with E-state index in [-0.39, 0.29) is 18.2 Å². The van der Waals surface area contributed by atoms with Crippen LogP contribution in [0.3, 0.4) is 0 Å². The van der Waals surface area contributed by atoms with Gasteiger partial charge in [-0.2, -0.15) is 0 Å². The molecule has 0 saturated heterocycles. The lowest BCUT2D eigenvalue weighted by Crippen LogP contribution is -2.29. The van der Waals surface area contributed by atoms with E-state index in [1.165, 1.54) is 6.07 Å². The van der Waals surface area contributed by atoms with Crippen molar-refractivity contribution in [1.29, 1.82) is 0 Å². The normalized spacial score (nSPS) is 23.5. The number of carboxylic acid groups (broad SMARTS) is 1. The minimum absolute atomic E-state index is 0.246. The molecule has 22 heavy (non-hydrogen) atoms. The highest BCUT2D eigenvalue weighted by molar-refractivity contribution is 5.67. The molecule has 0 bridgehead atoms. The van der Waals surface area contributed by atoms with Gasteiger partial charge in [-0.1, -0.05) is 24.8 Å². The second kappa shape index (κ2) is 7.39. The van der Waals surface area contributed by atoms with Gasteiger partial charge in [-0.3, -0.25) is 4.79 Å². The summed E-state index contributed by atoms with van der Waals surface area (Å²) in [6.45, 7) is 5.97. The van der Waals surface area contributed by atoms with Crippen molar-refractivity contribution in [2.45, 2.75) is 39.0 Å². The van der Waals surface area contributed by atoms with Crippen LogP contribution in [0.2, 0.25) is 0 Å². The number of carboxylic acids is 1. The van der Waals surface area contributed by atoms with Gasteiger partial charge >= 0.3 is 5.97 Å². The van der Waals surface area contributed by atoms with Crippen molar-refractivity contribution in [3.05, 3.63) is 46.6 Å². The van der Waals surface area contributed by atoms with Crippen LogP contribution >= 0.6 is 0 Å². The van der Waals surface area contributed by atoms with E-state index >= 15 is 0 Å². The topological polar surface area (TPSA) is 37.3 Å². The van der Waals surface area contributed by atoms with Crippen LogP contribution in [0.25, 0.3) is 12.2 Å². The van der Waals surface area contributed by atoms with Crippen LogP contribution < -0.4 is 10.4 Å². The Balaban J connectivity index is 2.29. The zero-order valence-electron chi connectivity index (χ0n) is 13.0. The molecule has 2 rings (SSSR count). The van der Waals surface area contributed by atoms with E-state index in [4.69, 9.17) is 5.11 Å². The van der Waals surface area contributed by atoms with Gasteiger partial charge in [0.2, 0.25) is 0 Å². The van der Waals surface area contributed by atoms with Crippen LogP contribution in [0, 0.1) is 17.7 Å². The van der Waals surface area contributed by atoms with E-state index in [9.17, 15) is 9.18 Å². The summed E-state index contributed by atoms with van der Waals surface area (Å²) >= 11 is 0. The van der Waals surface area contributed by atoms with Crippen LogP contribution in [-0.2, 0) is 4.79 Å². The highest BCUT2D eigenvalue weighted by Gasteiger charge is 2.24. The molecule has 1 fully saturated rings. The number of hydrogen-bond donors (Lipinski definition) is 1. The van der Waals surface area contributed by atoms with Crippen LogP contribution in [0.15, 0.2) is 30.4 Å². The number of benzene rings is 1. The summed E-state index contributed by atoms with van der Waals surface area (Å²) in [6.07, 6.45) is 8.02. The Kier molecular flexibility index (Phi) is 5.53. The second-order valence-electron chi connectivity index (χ2n) is 6.07. The number of carbonyl (C=O) groups is 1. The molecule has 0 heterocycles. The van der Waals surface area contributed by atoms with Crippen molar-refractivity contribution in [1.82, 2.24) is 0 Å². The van der Waals surface area contributed by atoms with Crippen molar-refractivity contribution in [3.8, 4) is 0 Å². The molecular formula is C19H23FO2. The first-order valence-corrected chi connectivity index (χ1v) is 7.84. The molecule has 1 aromatic rings. The molecule has 0 radical (unpaired) electrons. The molecule has 3 heteroatoms.